The number of nitrogens with one attached hydrogen (secondary N) is 4. The second kappa shape index (κ2) is 13.9. The molecule has 0 bridgehead atoms. The van der Waals surface area contributed by atoms with E-state index in [0.717, 1.165) is 76.7 Å². The number of hydrogen-bond donors (Lipinski definition) is 5. The fourth-order valence-corrected chi connectivity index (χ4v) is 3.33. The molecule has 1 aromatic rings. The van der Waals surface area contributed by atoms with Gasteiger partial charge in [0, 0.05) is 70.2 Å². The maximum Gasteiger partial charge on any atom is 0.303 e. The molecule has 7 heteroatoms. The molecule has 2 heterocycles. The number of anilines is 1. The summed E-state index contributed by atoms with van der Waals surface area (Å²) >= 11 is 0. The quantitative estimate of drug-likeness (QED) is 0.513. The van der Waals surface area contributed by atoms with Gasteiger partial charge in [-0.25, -0.2) is 0 Å². The average molecular weight is 416 g/mol. The Morgan fingerprint density at radius 2 is 1.67 bits per heavy atom. The van der Waals surface area contributed by atoms with E-state index in [4.69, 9.17) is 5.11 Å². The van der Waals surface area contributed by atoms with Crippen LogP contribution in [0.25, 0.3) is 6.08 Å². The van der Waals surface area contributed by atoms with Crippen LogP contribution in [-0.4, -0.2) is 74.9 Å². The standard InChI is InChI=1S/C12H26N4O2.C11H11N/c17-12(18)2-1-9-16-10-7-14-5-3-13-4-6-15-8-11-16;1-8-3-6-11-10(7-8)5-4-9(2)12-11/h13-15H,1-11H2,(H,17,18);3-7,12H,2H2,1H3. The van der Waals surface area contributed by atoms with E-state index >= 15 is 0 Å². The van der Waals surface area contributed by atoms with Crippen LogP contribution in [0.4, 0.5) is 5.69 Å². The summed E-state index contributed by atoms with van der Waals surface area (Å²) in [6.07, 6.45) is 5.07. The molecule has 1 saturated heterocycles. The summed E-state index contributed by atoms with van der Waals surface area (Å²) in [4.78, 5) is 12.8. The Labute approximate surface area is 180 Å². The van der Waals surface area contributed by atoms with Crippen molar-refractivity contribution in [3.05, 3.63) is 47.7 Å². The molecule has 2 aliphatic rings. The summed E-state index contributed by atoms with van der Waals surface area (Å²) in [5.74, 6) is -0.702. The molecular weight excluding hydrogens is 378 g/mol. The summed E-state index contributed by atoms with van der Waals surface area (Å²) in [6, 6.07) is 6.34. The molecule has 0 unspecified atom stereocenters. The first kappa shape index (κ1) is 24.1. The van der Waals surface area contributed by atoms with Gasteiger partial charge in [0.1, 0.15) is 0 Å². The molecule has 1 fully saturated rings. The zero-order valence-corrected chi connectivity index (χ0v) is 18.2. The number of fused-ring (bicyclic) bond motifs is 1. The molecule has 0 saturated carbocycles. The number of carboxylic acids is 1. The minimum absolute atomic E-state index is 0.265. The van der Waals surface area contributed by atoms with Crippen molar-refractivity contribution < 1.29 is 9.90 Å². The van der Waals surface area contributed by atoms with Crippen molar-refractivity contribution in [1.82, 2.24) is 20.9 Å². The molecule has 7 nitrogen and oxygen atoms in total. The molecule has 2 aliphatic heterocycles. The van der Waals surface area contributed by atoms with Gasteiger partial charge < -0.3 is 31.3 Å². The Morgan fingerprint density at radius 1 is 1.03 bits per heavy atom. The van der Waals surface area contributed by atoms with E-state index in [2.05, 4.69) is 63.9 Å². The Bertz CT molecular complexity index is 693. The highest BCUT2D eigenvalue weighted by atomic mass is 16.4. The number of nitrogens with zero attached hydrogens (tertiary/aromatic N) is 1. The van der Waals surface area contributed by atoms with E-state index < -0.39 is 5.97 Å². The number of rotatable bonds is 4. The SMILES string of the molecule is C=C1C=Cc2cc(C)ccc2N1.O=C(O)CCCN1CCNCCNCCNCC1. The fraction of sp³-hybridized carbons (Fsp3) is 0.522. The summed E-state index contributed by atoms with van der Waals surface area (Å²) in [6.45, 7) is 14.7. The monoisotopic (exact) mass is 415 g/mol. The van der Waals surface area contributed by atoms with Crippen LogP contribution >= 0.6 is 0 Å². The minimum atomic E-state index is -0.702. The highest BCUT2D eigenvalue weighted by Crippen LogP contribution is 2.24. The molecule has 5 N–H and O–H groups in total. The molecule has 166 valence electrons. The van der Waals surface area contributed by atoms with Crippen molar-refractivity contribution in [3.8, 4) is 0 Å². The lowest BCUT2D eigenvalue weighted by Crippen LogP contribution is -2.42. The third kappa shape index (κ3) is 10.0. The van der Waals surface area contributed by atoms with E-state index in [1.807, 2.05) is 6.08 Å². The Kier molecular flexibility index (Phi) is 11.2. The maximum atomic E-state index is 10.5. The predicted octanol–water partition coefficient (Wildman–Crippen LogP) is 1.88. The van der Waals surface area contributed by atoms with Crippen molar-refractivity contribution in [2.24, 2.45) is 0 Å². The maximum absolute atomic E-state index is 10.5. The molecule has 0 spiro atoms. The van der Waals surface area contributed by atoms with E-state index in [0.29, 0.717) is 0 Å². The molecule has 3 rings (SSSR count). The predicted molar refractivity (Wildman–Crippen MR) is 125 cm³/mol. The first-order chi connectivity index (χ1) is 14.5. The zero-order valence-electron chi connectivity index (χ0n) is 18.2. The number of aliphatic carboxylic acids is 1. The summed E-state index contributed by atoms with van der Waals surface area (Å²) in [5.41, 5.74) is 4.62. The third-order valence-electron chi connectivity index (χ3n) is 5.00. The molecule has 0 atom stereocenters. The van der Waals surface area contributed by atoms with Crippen LogP contribution < -0.4 is 21.3 Å². The lowest BCUT2D eigenvalue weighted by molar-refractivity contribution is -0.137. The molecular formula is C23H37N5O2. The zero-order chi connectivity index (χ0) is 21.6. The smallest absolute Gasteiger partial charge is 0.303 e. The third-order valence-corrected chi connectivity index (χ3v) is 5.00. The van der Waals surface area contributed by atoms with Crippen molar-refractivity contribution in [3.63, 3.8) is 0 Å². The lowest BCUT2D eigenvalue weighted by Gasteiger charge is -2.23. The van der Waals surface area contributed by atoms with Crippen LogP contribution in [0.5, 0.6) is 0 Å². The van der Waals surface area contributed by atoms with Crippen LogP contribution in [0.15, 0.2) is 36.6 Å². The van der Waals surface area contributed by atoms with Gasteiger partial charge >= 0.3 is 5.97 Å². The van der Waals surface area contributed by atoms with Gasteiger partial charge in [-0.2, -0.15) is 0 Å². The number of benzene rings is 1. The first-order valence-electron chi connectivity index (χ1n) is 10.9. The normalized spacial score (nSPS) is 18.1. The summed E-state index contributed by atoms with van der Waals surface area (Å²) in [7, 11) is 0. The second-order valence-electron chi connectivity index (χ2n) is 7.66. The van der Waals surface area contributed by atoms with Crippen molar-refractivity contribution in [2.75, 3.05) is 64.2 Å². The molecule has 0 aromatic heterocycles. The van der Waals surface area contributed by atoms with E-state index in [9.17, 15) is 4.79 Å². The molecule has 0 aliphatic carbocycles. The number of allylic oxidation sites excluding steroid dienone is 1. The van der Waals surface area contributed by atoms with Crippen molar-refractivity contribution in [2.45, 2.75) is 19.8 Å². The molecule has 30 heavy (non-hydrogen) atoms. The molecule has 0 amide bonds. The van der Waals surface area contributed by atoms with Crippen LogP contribution in [-0.2, 0) is 4.79 Å². The van der Waals surface area contributed by atoms with Gasteiger partial charge in [-0.15, -0.1) is 0 Å². The van der Waals surface area contributed by atoms with Crippen LogP contribution in [0.3, 0.4) is 0 Å². The number of carbonyl (C=O) groups is 1. The number of hydrogen-bond acceptors (Lipinski definition) is 6. The first-order valence-corrected chi connectivity index (χ1v) is 10.9. The summed E-state index contributed by atoms with van der Waals surface area (Å²) < 4.78 is 0. The number of aryl methyl sites for hydroxylation is 1. The van der Waals surface area contributed by atoms with Crippen LogP contribution in [0, 0.1) is 6.92 Å². The topological polar surface area (TPSA) is 88.7 Å². The van der Waals surface area contributed by atoms with Gasteiger partial charge in [-0.3, -0.25) is 4.79 Å². The van der Waals surface area contributed by atoms with Crippen molar-refractivity contribution in [1.29, 1.82) is 0 Å². The fourth-order valence-electron chi connectivity index (χ4n) is 3.33. The molecule has 1 aromatic carbocycles. The van der Waals surface area contributed by atoms with Gasteiger partial charge in [0.25, 0.3) is 0 Å². The van der Waals surface area contributed by atoms with E-state index in [1.165, 1.54) is 11.1 Å². The Morgan fingerprint density at radius 3 is 2.30 bits per heavy atom. The Hall–Kier alpha value is -2.19. The van der Waals surface area contributed by atoms with Gasteiger partial charge in [0.15, 0.2) is 0 Å². The van der Waals surface area contributed by atoms with Gasteiger partial charge in [0.2, 0.25) is 0 Å². The Balaban J connectivity index is 0.000000230. The largest absolute Gasteiger partial charge is 0.481 e. The highest BCUT2D eigenvalue weighted by Gasteiger charge is 2.06. The van der Waals surface area contributed by atoms with Crippen LogP contribution in [0.2, 0.25) is 0 Å². The molecule has 0 radical (unpaired) electrons. The van der Waals surface area contributed by atoms with Gasteiger partial charge in [-0.1, -0.05) is 24.3 Å². The summed E-state index contributed by atoms with van der Waals surface area (Å²) in [5, 5.41) is 22.0. The minimum Gasteiger partial charge on any atom is -0.481 e. The highest BCUT2D eigenvalue weighted by molar-refractivity contribution is 5.74. The lowest BCUT2D eigenvalue weighted by atomic mass is 10.1. The second-order valence-corrected chi connectivity index (χ2v) is 7.66. The van der Waals surface area contributed by atoms with E-state index in [1.54, 1.807) is 0 Å². The van der Waals surface area contributed by atoms with Crippen LogP contribution in [0.1, 0.15) is 24.0 Å². The average Bonchev–Trinajstić information content (AvgIpc) is 2.70. The van der Waals surface area contributed by atoms with Gasteiger partial charge in [0.05, 0.1) is 0 Å². The number of carboxylic acid groups (broad SMARTS) is 1. The van der Waals surface area contributed by atoms with Gasteiger partial charge in [-0.05, 0) is 43.7 Å². The van der Waals surface area contributed by atoms with E-state index in [-0.39, 0.29) is 6.42 Å². The van der Waals surface area contributed by atoms with Crippen molar-refractivity contribution >= 4 is 17.7 Å².